The quantitative estimate of drug-likeness (QED) is 0.551. The fourth-order valence-corrected chi connectivity index (χ4v) is 4.35. The lowest BCUT2D eigenvalue weighted by Crippen LogP contribution is -2.49. The number of rotatable bonds is 8. The van der Waals surface area contributed by atoms with Gasteiger partial charge in [-0.1, -0.05) is 44.5 Å². The molecule has 0 spiro atoms. The number of benzene rings is 1. The molecule has 0 aliphatic carbocycles. The van der Waals surface area contributed by atoms with Gasteiger partial charge in [-0.3, -0.25) is 0 Å². The molecule has 0 aliphatic rings. The molecule has 1 aromatic carbocycles. The van der Waals surface area contributed by atoms with Crippen molar-refractivity contribution in [2.45, 2.75) is 45.1 Å². The minimum absolute atomic E-state index is 0.145. The number of aryl methyl sites for hydroxylation is 1. The minimum atomic E-state index is -3.80. The molecule has 1 N–H and O–H groups in total. The van der Waals surface area contributed by atoms with Crippen LogP contribution in [0, 0.1) is 12.3 Å². The number of carbonyl (C=O) groups excluding carboxylic acids is 1. The van der Waals surface area contributed by atoms with Crippen molar-refractivity contribution < 1.29 is 23.1 Å². The van der Waals surface area contributed by atoms with Crippen LogP contribution in [0.25, 0.3) is 0 Å². The van der Waals surface area contributed by atoms with Crippen molar-refractivity contribution in [3.8, 4) is 0 Å². The second kappa shape index (κ2) is 9.30. The number of esters is 1. The molecule has 0 heterocycles. The van der Waals surface area contributed by atoms with Gasteiger partial charge in [0.25, 0.3) is 0 Å². The smallest absolute Gasteiger partial charge is 0.330 e. The number of aliphatic hydroxyl groups is 1. The van der Waals surface area contributed by atoms with Crippen molar-refractivity contribution in [1.29, 1.82) is 0 Å². The van der Waals surface area contributed by atoms with Crippen molar-refractivity contribution in [2.24, 2.45) is 5.41 Å². The Balaban J connectivity index is 3.19. The molecule has 0 unspecified atom stereocenters. The lowest BCUT2D eigenvalue weighted by atomic mass is 9.87. The summed E-state index contributed by atoms with van der Waals surface area (Å²) in [5.41, 5.74) is 0.504. The molecular weight excluding hydrogens is 354 g/mol. The number of hydrogen-bond donors (Lipinski definition) is 1. The van der Waals surface area contributed by atoms with Crippen molar-refractivity contribution in [3.05, 3.63) is 42.0 Å². The topological polar surface area (TPSA) is 83.9 Å². The Labute approximate surface area is 156 Å². The highest BCUT2D eigenvalue weighted by Crippen LogP contribution is 2.29. The van der Waals surface area contributed by atoms with Crippen LogP contribution >= 0.6 is 0 Å². The van der Waals surface area contributed by atoms with E-state index in [4.69, 9.17) is 0 Å². The third-order valence-electron chi connectivity index (χ3n) is 4.12. The second-order valence-corrected chi connectivity index (χ2v) is 9.10. The summed E-state index contributed by atoms with van der Waals surface area (Å²) in [7, 11) is -2.52. The van der Waals surface area contributed by atoms with E-state index in [9.17, 15) is 18.3 Å². The molecule has 1 atom stereocenters. The van der Waals surface area contributed by atoms with Crippen LogP contribution in [0.1, 0.15) is 32.8 Å². The zero-order valence-corrected chi connectivity index (χ0v) is 16.9. The maximum absolute atomic E-state index is 13.2. The highest BCUT2D eigenvalue weighted by Gasteiger charge is 2.37. The number of ether oxygens (including phenoxy) is 1. The number of hydrogen-bond acceptors (Lipinski definition) is 5. The van der Waals surface area contributed by atoms with Crippen LogP contribution in [0.15, 0.2) is 41.3 Å². The molecule has 0 saturated carbocycles. The summed E-state index contributed by atoms with van der Waals surface area (Å²) >= 11 is 0. The van der Waals surface area contributed by atoms with Gasteiger partial charge in [0.05, 0.1) is 24.7 Å². The van der Waals surface area contributed by atoms with Crippen molar-refractivity contribution in [2.75, 3.05) is 20.3 Å². The van der Waals surface area contributed by atoms with Crippen molar-refractivity contribution >= 4 is 16.0 Å². The molecule has 0 radical (unpaired) electrons. The summed E-state index contributed by atoms with van der Waals surface area (Å²) in [5.74, 6) is -0.493. The summed E-state index contributed by atoms with van der Waals surface area (Å²) in [6, 6.07) is 6.03. The normalized spacial score (nSPS) is 14.0. The molecule has 7 heteroatoms. The van der Waals surface area contributed by atoms with E-state index < -0.39 is 27.4 Å². The first kappa shape index (κ1) is 22.3. The van der Waals surface area contributed by atoms with Gasteiger partial charge >= 0.3 is 5.97 Å². The number of methoxy groups -OCH3 is 1. The zero-order valence-electron chi connectivity index (χ0n) is 16.1. The van der Waals surface area contributed by atoms with Gasteiger partial charge in [0.15, 0.2) is 0 Å². The zero-order chi connectivity index (χ0) is 20.0. The van der Waals surface area contributed by atoms with Crippen molar-refractivity contribution in [3.63, 3.8) is 0 Å². The van der Waals surface area contributed by atoms with Crippen LogP contribution in [0.5, 0.6) is 0 Å². The van der Waals surface area contributed by atoms with Gasteiger partial charge in [-0.25, -0.2) is 13.2 Å². The standard InChI is InChI=1S/C19H29NO5S/c1-15-9-11-16(12-10-15)26(23,24)20(17(14-21)19(2,3)4)13-7-6-8-18(22)25-5/h6,8-12,17,21H,7,13-14H2,1-5H3/b8-6+/t17-/m1/s1. The summed E-state index contributed by atoms with van der Waals surface area (Å²) in [6.45, 7) is 7.39. The SMILES string of the molecule is COC(=O)/C=C/CCN([C@H](CO)C(C)(C)C)S(=O)(=O)c1ccc(C)cc1. The van der Waals surface area contributed by atoms with Gasteiger partial charge in [-0.2, -0.15) is 4.31 Å². The van der Waals surface area contributed by atoms with Gasteiger partial charge in [-0.15, -0.1) is 0 Å². The lowest BCUT2D eigenvalue weighted by molar-refractivity contribution is -0.134. The van der Waals surface area contributed by atoms with Crippen molar-refractivity contribution in [1.82, 2.24) is 4.31 Å². The van der Waals surface area contributed by atoms with E-state index in [2.05, 4.69) is 4.74 Å². The fourth-order valence-electron chi connectivity index (χ4n) is 2.54. The summed E-state index contributed by atoms with van der Waals surface area (Å²) in [5, 5.41) is 9.87. The third-order valence-corrected chi connectivity index (χ3v) is 6.04. The molecule has 0 saturated heterocycles. The number of carbonyl (C=O) groups is 1. The average Bonchev–Trinajstić information content (AvgIpc) is 2.56. The molecule has 6 nitrogen and oxygen atoms in total. The first-order valence-electron chi connectivity index (χ1n) is 8.48. The van der Waals surface area contributed by atoms with Gasteiger partial charge < -0.3 is 9.84 Å². The van der Waals surface area contributed by atoms with Gasteiger partial charge in [0.2, 0.25) is 10.0 Å². The van der Waals surface area contributed by atoms with Crippen LogP contribution in [-0.2, 0) is 19.6 Å². The lowest BCUT2D eigenvalue weighted by Gasteiger charge is -2.38. The number of nitrogens with zero attached hydrogens (tertiary/aromatic N) is 1. The summed E-state index contributed by atoms with van der Waals surface area (Å²) in [4.78, 5) is 11.4. The van der Waals surface area contributed by atoms with Crippen LogP contribution in [0.4, 0.5) is 0 Å². The molecule has 26 heavy (non-hydrogen) atoms. The highest BCUT2D eigenvalue weighted by molar-refractivity contribution is 7.89. The molecular formula is C19H29NO5S. The summed E-state index contributed by atoms with van der Waals surface area (Å²) < 4.78 is 32.2. The molecule has 0 fully saturated rings. The minimum Gasteiger partial charge on any atom is -0.466 e. The first-order chi connectivity index (χ1) is 12.0. The van der Waals surface area contributed by atoms with Gasteiger partial charge in [0.1, 0.15) is 0 Å². The Morgan fingerprint density at radius 3 is 2.31 bits per heavy atom. The van der Waals surface area contributed by atoms with E-state index in [1.807, 2.05) is 27.7 Å². The Morgan fingerprint density at radius 1 is 1.27 bits per heavy atom. The molecule has 0 aliphatic heterocycles. The monoisotopic (exact) mass is 383 g/mol. The maximum atomic E-state index is 13.2. The molecule has 0 aromatic heterocycles. The second-order valence-electron chi connectivity index (χ2n) is 7.21. The molecule has 0 bridgehead atoms. The third kappa shape index (κ3) is 5.93. The maximum Gasteiger partial charge on any atom is 0.330 e. The predicted molar refractivity (Wildman–Crippen MR) is 101 cm³/mol. The largest absolute Gasteiger partial charge is 0.466 e. The molecule has 1 aromatic rings. The van der Waals surface area contributed by atoms with Crippen LogP contribution < -0.4 is 0 Å². The van der Waals surface area contributed by atoms with Gasteiger partial charge in [-0.05, 0) is 30.9 Å². The number of aliphatic hydroxyl groups excluding tert-OH is 1. The number of sulfonamides is 1. The Kier molecular flexibility index (Phi) is 7.99. The Morgan fingerprint density at radius 2 is 1.85 bits per heavy atom. The Hall–Kier alpha value is -1.70. The van der Waals surface area contributed by atoms with Gasteiger partial charge in [0, 0.05) is 12.6 Å². The van der Waals surface area contributed by atoms with E-state index in [1.165, 1.54) is 17.5 Å². The molecule has 146 valence electrons. The molecule has 0 amide bonds. The van der Waals surface area contributed by atoms with Crippen LogP contribution in [-0.4, -0.2) is 50.1 Å². The van der Waals surface area contributed by atoms with Crippen LogP contribution in [0.3, 0.4) is 0 Å². The van der Waals surface area contributed by atoms with E-state index >= 15 is 0 Å². The first-order valence-corrected chi connectivity index (χ1v) is 9.92. The predicted octanol–water partition coefficient (Wildman–Crippen LogP) is 2.51. The van der Waals surface area contributed by atoms with E-state index in [1.54, 1.807) is 30.3 Å². The van der Waals surface area contributed by atoms with E-state index in [-0.39, 0.29) is 18.0 Å². The average molecular weight is 384 g/mol. The summed E-state index contributed by atoms with van der Waals surface area (Å²) in [6.07, 6.45) is 3.16. The fraction of sp³-hybridized carbons (Fsp3) is 0.526. The highest BCUT2D eigenvalue weighted by atomic mass is 32.2. The molecule has 1 rings (SSSR count). The van der Waals surface area contributed by atoms with E-state index in [0.29, 0.717) is 6.42 Å². The van der Waals surface area contributed by atoms with Crippen LogP contribution in [0.2, 0.25) is 0 Å². The van der Waals surface area contributed by atoms with E-state index in [0.717, 1.165) is 5.56 Å². The Bertz CT molecular complexity index is 717.